The first kappa shape index (κ1) is 16.2. The number of benzene rings is 2. The average Bonchev–Trinajstić information content (AvgIpc) is 3.12. The monoisotopic (exact) mass is 335 g/mol. The van der Waals surface area contributed by atoms with Gasteiger partial charge in [-0.25, -0.2) is 0 Å². The van der Waals surface area contributed by atoms with Crippen LogP contribution in [0.1, 0.15) is 12.5 Å². The molecule has 0 aliphatic carbocycles. The quantitative estimate of drug-likeness (QED) is 0.863. The molecule has 2 aromatic rings. The van der Waals surface area contributed by atoms with E-state index in [1.807, 2.05) is 17.0 Å². The van der Waals surface area contributed by atoms with Crippen molar-refractivity contribution in [3.63, 3.8) is 0 Å². The molecule has 0 saturated carbocycles. The molecule has 2 heterocycles. The summed E-state index contributed by atoms with van der Waals surface area (Å²) in [7, 11) is 0. The lowest BCUT2D eigenvalue weighted by molar-refractivity contribution is -0.123. The summed E-state index contributed by atoms with van der Waals surface area (Å²) in [5, 5.41) is 0. The molecule has 25 heavy (non-hydrogen) atoms. The third-order valence-corrected chi connectivity index (χ3v) is 5.49. The van der Waals surface area contributed by atoms with Crippen molar-refractivity contribution in [1.82, 2.24) is 4.90 Å². The van der Waals surface area contributed by atoms with Crippen molar-refractivity contribution in [2.45, 2.75) is 19.4 Å². The second kappa shape index (κ2) is 6.89. The lowest BCUT2D eigenvalue weighted by atomic mass is 10.1. The van der Waals surface area contributed by atoms with Gasteiger partial charge in [0, 0.05) is 44.1 Å². The van der Waals surface area contributed by atoms with Crippen LogP contribution in [0.3, 0.4) is 0 Å². The van der Waals surface area contributed by atoms with Crippen molar-refractivity contribution < 1.29 is 4.79 Å². The van der Waals surface area contributed by atoms with Gasteiger partial charge in [-0.15, -0.1) is 0 Å². The van der Waals surface area contributed by atoms with Crippen LogP contribution in [0.5, 0.6) is 0 Å². The summed E-state index contributed by atoms with van der Waals surface area (Å²) >= 11 is 0. The van der Waals surface area contributed by atoms with E-state index < -0.39 is 0 Å². The maximum atomic E-state index is 13.0. The van der Waals surface area contributed by atoms with Gasteiger partial charge in [-0.1, -0.05) is 36.4 Å². The highest BCUT2D eigenvalue weighted by Gasteiger charge is 2.32. The van der Waals surface area contributed by atoms with E-state index >= 15 is 0 Å². The van der Waals surface area contributed by atoms with Crippen molar-refractivity contribution >= 4 is 17.3 Å². The minimum absolute atomic E-state index is 0.0657. The summed E-state index contributed by atoms with van der Waals surface area (Å²) in [6.45, 7) is 6.67. The van der Waals surface area contributed by atoms with Gasteiger partial charge in [0.2, 0.25) is 5.91 Å². The fourth-order valence-corrected chi connectivity index (χ4v) is 3.96. The van der Waals surface area contributed by atoms with Crippen molar-refractivity contribution in [1.29, 1.82) is 0 Å². The summed E-state index contributed by atoms with van der Waals surface area (Å²) in [5.41, 5.74) is 3.66. The zero-order chi connectivity index (χ0) is 17.2. The fraction of sp³-hybridized carbons (Fsp3) is 0.381. The number of anilines is 2. The summed E-state index contributed by atoms with van der Waals surface area (Å²) < 4.78 is 0. The number of carbonyl (C=O) groups is 1. The standard InChI is InChI=1S/C21H25N3O/c1-17(21(25)24-12-11-18-7-5-6-10-20(18)24)22-13-15-23(16-14-22)19-8-3-2-4-9-19/h2-10,17H,11-16H2,1H3/t17-/m1/s1. The molecular formula is C21H25N3O. The second-order valence-corrected chi connectivity index (χ2v) is 6.90. The molecule has 0 radical (unpaired) electrons. The molecule has 1 atom stereocenters. The van der Waals surface area contributed by atoms with Crippen LogP contribution in [0.15, 0.2) is 54.6 Å². The first-order valence-electron chi connectivity index (χ1n) is 9.17. The topological polar surface area (TPSA) is 26.8 Å². The van der Waals surface area contributed by atoms with E-state index in [1.165, 1.54) is 11.3 Å². The van der Waals surface area contributed by atoms with E-state index in [1.54, 1.807) is 0 Å². The number of para-hydroxylation sites is 2. The lowest BCUT2D eigenvalue weighted by Crippen LogP contribution is -2.54. The normalized spacial score (nSPS) is 18.9. The van der Waals surface area contributed by atoms with Crippen molar-refractivity contribution in [3.8, 4) is 0 Å². The molecule has 0 N–H and O–H groups in total. The summed E-state index contributed by atoms with van der Waals surface area (Å²) in [4.78, 5) is 19.7. The van der Waals surface area contributed by atoms with Crippen LogP contribution in [0.2, 0.25) is 0 Å². The van der Waals surface area contributed by atoms with E-state index in [0.29, 0.717) is 0 Å². The Bertz CT molecular complexity index is 738. The van der Waals surface area contributed by atoms with Crippen LogP contribution < -0.4 is 9.80 Å². The Morgan fingerprint density at radius 3 is 2.32 bits per heavy atom. The molecule has 4 nitrogen and oxygen atoms in total. The van der Waals surface area contributed by atoms with Gasteiger partial charge in [-0.2, -0.15) is 0 Å². The first-order valence-corrected chi connectivity index (χ1v) is 9.17. The van der Waals surface area contributed by atoms with Gasteiger partial charge >= 0.3 is 0 Å². The van der Waals surface area contributed by atoms with Crippen molar-refractivity contribution in [3.05, 3.63) is 60.2 Å². The Balaban J connectivity index is 1.39. The predicted molar refractivity (Wildman–Crippen MR) is 102 cm³/mol. The number of carbonyl (C=O) groups excluding carboxylic acids is 1. The van der Waals surface area contributed by atoms with Crippen molar-refractivity contribution in [2.24, 2.45) is 0 Å². The van der Waals surface area contributed by atoms with Gasteiger partial charge in [0.1, 0.15) is 0 Å². The number of piperazine rings is 1. The maximum Gasteiger partial charge on any atom is 0.244 e. The summed E-state index contributed by atoms with van der Waals surface area (Å²) in [6.07, 6.45) is 0.969. The average molecular weight is 335 g/mol. The highest BCUT2D eigenvalue weighted by Crippen LogP contribution is 2.28. The van der Waals surface area contributed by atoms with Gasteiger partial charge in [0.25, 0.3) is 0 Å². The van der Waals surface area contributed by atoms with Crippen LogP contribution in [0, 0.1) is 0 Å². The Hall–Kier alpha value is -2.33. The zero-order valence-electron chi connectivity index (χ0n) is 14.8. The minimum Gasteiger partial charge on any atom is -0.369 e. The molecular weight excluding hydrogens is 310 g/mol. The van der Waals surface area contributed by atoms with Crippen LogP contribution in [-0.4, -0.2) is 49.6 Å². The number of fused-ring (bicyclic) bond motifs is 1. The first-order chi connectivity index (χ1) is 12.2. The number of nitrogens with zero attached hydrogens (tertiary/aromatic N) is 3. The zero-order valence-corrected chi connectivity index (χ0v) is 14.8. The van der Waals surface area contributed by atoms with Gasteiger partial charge in [0.05, 0.1) is 6.04 Å². The van der Waals surface area contributed by atoms with E-state index in [9.17, 15) is 4.79 Å². The van der Waals surface area contributed by atoms with Gasteiger partial charge in [-0.3, -0.25) is 9.69 Å². The fourth-order valence-electron chi connectivity index (χ4n) is 3.96. The SMILES string of the molecule is C[C@H](C(=O)N1CCc2ccccc21)N1CCN(c2ccccc2)CC1. The molecule has 2 aliphatic rings. The van der Waals surface area contributed by atoms with Crippen LogP contribution in [0.25, 0.3) is 0 Å². The Morgan fingerprint density at radius 2 is 1.56 bits per heavy atom. The molecule has 0 unspecified atom stereocenters. The number of amides is 1. The Labute approximate surface area is 149 Å². The van der Waals surface area contributed by atoms with Gasteiger partial charge in [0.15, 0.2) is 0 Å². The molecule has 1 amide bonds. The number of hydrogen-bond acceptors (Lipinski definition) is 3. The molecule has 0 bridgehead atoms. The summed E-state index contributed by atoms with van der Waals surface area (Å²) in [5.74, 6) is 0.234. The van der Waals surface area contributed by atoms with Crippen LogP contribution >= 0.6 is 0 Å². The van der Waals surface area contributed by atoms with Crippen LogP contribution in [0.4, 0.5) is 11.4 Å². The molecule has 0 aromatic heterocycles. The minimum atomic E-state index is -0.0657. The number of hydrogen-bond donors (Lipinski definition) is 0. The summed E-state index contributed by atoms with van der Waals surface area (Å²) in [6, 6.07) is 18.7. The van der Waals surface area contributed by atoms with Gasteiger partial charge in [-0.05, 0) is 37.1 Å². The molecule has 130 valence electrons. The number of rotatable bonds is 3. The Kier molecular flexibility index (Phi) is 4.45. The highest BCUT2D eigenvalue weighted by atomic mass is 16.2. The van der Waals surface area contributed by atoms with E-state index in [2.05, 4.69) is 59.2 Å². The van der Waals surface area contributed by atoms with Crippen molar-refractivity contribution in [2.75, 3.05) is 42.5 Å². The smallest absolute Gasteiger partial charge is 0.244 e. The molecule has 0 spiro atoms. The lowest BCUT2D eigenvalue weighted by Gasteiger charge is -2.39. The van der Waals surface area contributed by atoms with Crippen LogP contribution in [-0.2, 0) is 11.2 Å². The maximum absolute atomic E-state index is 13.0. The largest absolute Gasteiger partial charge is 0.369 e. The highest BCUT2D eigenvalue weighted by molar-refractivity contribution is 5.98. The third kappa shape index (κ3) is 3.14. The van der Waals surface area contributed by atoms with E-state index in [0.717, 1.165) is 44.8 Å². The van der Waals surface area contributed by atoms with Gasteiger partial charge < -0.3 is 9.80 Å². The molecule has 1 fully saturated rings. The molecule has 4 rings (SSSR count). The molecule has 1 saturated heterocycles. The molecule has 2 aromatic carbocycles. The predicted octanol–water partition coefficient (Wildman–Crippen LogP) is 2.79. The molecule has 2 aliphatic heterocycles. The second-order valence-electron chi connectivity index (χ2n) is 6.90. The third-order valence-electron chi connectivity index (χ3n) is 5.49. The van der Waals surface area contributed by atoms with E-state index in [-0.39, 0.29) is 11.9 Å². The van der Waals surface area contributed by atoms with E-state index in [4.69, 9.17) is 0 Å². The Morgan fingerprint density at radius 1 is 0.880 bits per heavy atom. The molecule has 4 heteroatoms.